The van der Waals surface area contributed by atoms with Crippen LogP contribution in [0.4, 0.5) is 10.8 Å². The molecule has 0 bridgehead atoms. The fourth-order valence-electron chi connectivity index (χ4n) is 3.47. The van der Waals surface area contributed by atoms with E-state index in [0.29, 0.717) is 21.9 Å². The largest absolute Gasteiger partial charge is 0.312 e. The van der Waals surface area contributed by atoms with Gasteiger partial charge in [-0.05, 0) is 42.3 Å². The fourth-order valence-corrected chi connectivity index (χ4v) is 5.10. The number of hydrogen-bond donors (Lipinski definition) is 1. The topological polar surface area (TPSA) is 96.4 Å². The highest BCUT2D eigenvalue weighted by Crippen LogP contribution is 2.30. The van der Waals surface area contributed by atoms with Crippen molar-refractivity contribution in [2.24, 2.45) is 5.92 Å². The lowest BCUT2D eigenvalue weighted by molar-refractivity contribution is -0.122. The number of benzene rings is 2. The molecule has 4 rings (SSSR count). The van der Waals surface area contributed by atoms with Gasteiger partial charge in [0, 0.05) is 24.9 Å². The van der Waals surface area contributed by atoms with Crippen LogP contribution in [0.2, 0.25) is 0 Å². The number of sulfone groups is 1. The Labute approximate surface area is 178 Å². The third-order valence-electron chi connectivity index (χ3n) is 5.14. The molecule has 1 fully saturated rings. The average molecular weight is 444 g/mol. The van der Waals surface area contributed by atoms with Gasteiger partial charge in [-0.25, -0.2) is 13.4 Å². The Morgan fingerprint density at radius 3 is 2.80 bits per heavy atom. The van der Waals surface area contributed by atoms with Gasteiger partial charge in [0.2, 0.25) is 11.8 Å². The van der Waals surface area contributed by atoms with Crippen molar-refractivity contribution in [2.45, 2.75) is 24.7 Å². The number of nitrogens with one attached hydrogen (secondary N) is 1. The molecule has 1 atom stereocenters. The lowest BCUT2D eigenvalue weighted by Crippen LogP contribution is -2.28. The summed E-state index contributed by atoms with van der Waals surface area (Å²) >= 11 is 1.21. The molecule has 9 heteroatoms. The minimum atomic E-state index is -3.32. The van der Waals surface area contributed by atoms with Gasteiger partial charge in [0.05, 0.1) is 21.0 Å². The number of amides is 2. The van der Waals surface area contributed by atoms with E-state index in [0.717, 1.165) is 23.9 Å². The summed E-state index contributed by atoms with van der Waals surface area (Å²) < 4.78 is 24.1. The lowest BCUT2D eigenvalue weighted by Gasteiger charge is -2.17. The van der Waals surface area contributed by atoms with Gasteiger partial charge < -0.3 is 10.2 Å². The van der Waals surface area contributed by atoms with Gasteiger partial charge in [0.15, 0.2) is 15.0 Å². The Bertz CT molecular complexity index is 1250. The number of rotatable bonds is 5. The number of aryl methyl sites for hydroxylation is 1. The number of carbonyl (C=O) groups is 2. The van der Waals surface area contributed by atoms with Crippen molar-refractivity contribution in [3.8, 4) is 0 Å². The van der Waals surface area contributed by atoms with E-state index in [2.05, 4.69) is 17.2 Å². The Kier molecular flexibility index (Phi) is 5.33. The molecule has 30 heavy (non-hydrogen) atoms. The minimum absolute atomic E-state index is 0.0782. The summed E-state index contributed by atoms with van der Waals surface area (Å²) in [7, 11) is -3.32. The molecule has 1 saturated heterocycles. The molecule has 1 aromatic heterocycles. The number of thiazole rings is 1. The van der Waals surface area contributed by atoms with Crippen molar-refractivity contribution >= 4 is 54.0 Å². The molecule has 1 aliphatic rings. The van der Waals surface area contributed by atoms with Crippen LogP contribution in [0.25, 0.3) is 10.2 Å². The van der Waals surface area contributed by atoms with Crippen LogP contribution in [0.1, 0.15) is 18.9 Å². The average Bonchev–Trinajstić information content (AvgIpc) is 3.29. The van der Waals surface area contributed by atoms with Gasteiger partial charge in [0.25, 0.3) is 0 Å². The molecule has 0 aliphatic carbocycles. The zero-order valence-electron chi connectivity index (χ0n) is 16.6. The van der Waals surface area contributed by atoms with E-state index >= 15 is 0 Å². The molecule has 2 heterocycles. The summed E-state index contributed by atoms with van der Waals surface area (Å²) in [5, 5.41) is 3.18. The number of fused-ring (bicyclic) bond motifs is 1. The lowest BCUT2D eigenvalue weighted by atomic mass is 10.1. The monoisotopic (exact) mass is 443 g/mol. The smallest absolute Gasteiger partial charge is 0.231 e. The van der Waals surface area contributed by atoms with E-state index in [4.69, 9.17) is 0 Å². The first-order valence-corrected chi connectivity index (χ1v) is 12.3. The second kappa shape index (κ2) is 7.81. The van der Waals surface area contributed by atoms with E-state index in [1.54, 1.807) is 17.0 Å². The van der Waals surface area contributed by atoms with Crippen LogP contribution >= 0.6 is 11.3 Å². The molecule has 0 radical (unpaired) electrons. The highest BCUT2D eigenvalue weighted by Gasteiger charge is 2.35. The second-order valence-corrected chi connectivity index (χ2v) is 10.4. The summed E-state index contributed by atoms with van der Waals surface area (Å²) in [5.41, 5.74) is 2.56. The van der Waals surface area contributed by atoms with Crippen molar-refractivity contribution in [3.05, 3.63) is 48.0 Å². The maximum absolute atomic E-state index is 12.7. The van der Waals surface area contributed by atoms with Crippen LogP contribution in [0.5, 0.6) is 0 Å². The van der Waals surface area contributed by atoms with E-state index in [-0.39, 0.29) is 23.1 Å². The number of hydrogen-bond acceptors (Lipinski definition) is 6. The number of carbonyl (C=O) groups excluding carboxylic acids is 2. The van der Waals surface area contributed by atoms with Crippen LogP contribution in [0.15, 0.2) is 47.4 Å². The normalized spacial score (nSPS) is 16.9. The van der Waals surface area contributed by atoms with E-state index < -0.39 is 15.8 Å². The molecule has 0 spiro atoms. The maximum Gasteiger partial charge on any atom is 0.231 e. The van der Waals surface area contributed by atoms with Gasteiger partial charge >= 0.3 is 0 Å². The van der Waals surface area contributed by atoms with Crippen LogP contribution in [-0.4, -0.2) is 38.0 Å². The van der Waals surface area contributed by atoms with Crippen LogP contribution in [0.3, 0.4) is 0 Å². The highest BCUT2D eigenvalue weighted by atomic mass is 32.2. The summed E-state index contributed by atoms with van der Waals surface area (Å²) in [5.74, 6) is -0.813. The molecule has 2 aromatic carbocycles. The van der Waals surface area contributed by atoms with Gasteiger partial charge in [0.1, 0.15) is 0 Å². The summed E-state index contributed by atoms with van der Waals surface area (Å²) in [6, 6.07) is 12.5. The van der Waals surface area contributed by atoms with Gasteiger partial charge in [-0.2, -0.15) is 0 Å². The maximum atomic E-state index is 12.7. The summed E-state index contributed by atoms with van der Waals surface area (Å²) in [6.07, 6.45) is 2.17. The SMILES string of the molecule is CCc1cccc(N2C[C@H](C(=O)Nc3nc4ccc(S(C)(=O)=O)cc4s3)CC2=O)c1. The van der Waals surface area contributed by atoms with E-state index in [9.17, 15) is 18.0 Å². The zero-order chi connectivity index (χ0) is 21.5. The fraction of sp³-hybridized carbons (Fsp3) is 0.286. The summed E-state index contributed by atoms with van der Waals surface area (Å²) in [4.78, 5) is 31.5. The quantitative estimate of drug-likeness (QED) is 0.653. The molecule has 1 aliphatic heterocycles. The molecule has 156 valence electrons. The van der Waals surface area contributed by atoms with Crippen molar-refractivity contribution < 1.29 is 18.0 Å². The first-order valence-electron chi connectivity index (χ1n) is 9.55. The van der Waals surface area contributed by atoms with Gasteiger partial charge in [-0.1, -0.05) is 30.4 Å². The molecule has 3 aromatic rings. The van der Waals surface area contributed by atoms with Crippen molar-refractivity contribution in [3.63, 3.8) is 0 Å². The summed E-state index contributed by atoms with van der Waals surface area (Å²) in [6.45, 7) is 2.37. The van der Waals surface area contributed by atoms with Crippen LogP contribution in [-0.2, 0) is 25.8 Å². The van der Waals surface area contributed by atoms with E-state index in [1.807, 2.05) is 24.3 Å². The number of aromatic nitrogens is 1. The predicted octanol–water partition coefficient (Wildman–Crippen LogP) is 3.25. The molecule has 1 N–H and O–H groups in total. The Balaban J connectivity index is 1.49. The molecule has 7 nitrogen and oxygen atoms in total. The third kappa shape index (κ3) is 4.08. The Morgan fingerprint density at radius 1 is 1.27 bits per heavy atom. The third-order valence-corrected chi connectivity index (χ3v) is 7.19. The van der Waals surface area contributed by atoms with Crippen molar-refractivity contribution in [2.75, 3.05) is 23.0 Å². The highest BCUT2D eigenvalue weighted by molar-refractivity contribution is 7.90. The second-order valence-electron chi connectivity index (χ2n) is 7.34. The van der Waals surface area contributed by atoms with Crippen LogP contribution < -0.4 is 10.2 Å². The molecule has 0 saturated carbocycles. The predicted molar refractivity (Wildman–Crippen MR) is 118 cm³/mol. The molecular weight excluding hydrogens is 422 g/mol. The minimum Gasteiger partial charge on any atom is -0.312 e. The first kappa shape index (κ1) is 20.5. The first-order chi connectivity index (χ1) is 14.2. The number of anilines is 2. The molecular formula is C21H21N3O4S2. The standard InChI is InChI=1S/C21H21N3O4S2/c1-3-13-5-4-6-15(9-13)24-12-14(10-19(24)25)20(26)23-21-22-17-8-7-16(30(2,27)28)11-18(17)29-21/h4-9,11,14H,3,10,12H2,1-2H3,(H,22,23,26)/t14-/m1/s1. The Hall–Kier alpha value is -2.78. The molecule has 0 unspecified atom stereocenters. The van der Waals surface area contributed by atoms with Crippen LogP contribution in [0, 0.1) is 5.92 Å². The van der Waals surface area contributed by atoms with Crippen molar-refractivity contribution in [1.82, 2.24) is 4.98 Å². The van der Waals surface area contributed by atoms with Gasteiger partial charge in [-0.3, -0.25) is 9.59 Å². The Morgan fingerprint density at radius 2 is 2.07 bits per heavy atom. The van der Waals surface area contributed by atoms with Crippen molar-refractivity contribution in [1.29, 1.82) is 0 Å². The molecule has 2 amide bonds. The zero-order valence-corrected chi connectivity index (χ0v) is 18.2. The van der Waals surface area contributed by atoms with Gasteiger partial charge in [-0.15, -0.1) is 0 Å². The van der Waals surface area contributed by atoms with E-state index in [1.165, 1.54) is 17.4 Å². The number of nitrogens with zero attached hydrogens (tertiary/aromatic N) is 2.